The maximum absolute atomic E-state index is 12.9. The molecular weight excluding hydrogens is 229 g/mol. The largest absolute Gasteiger partial charge is 0.335 e. The summed E-state index contributed by atoms with van der Waals surface area (Å²) in [5.74, 6) is -0.0394. The number of hydrogen-bond acceptors (Lipinski definition) is 1. The van der Waals surface area contributed by atoms with E-state index in [1.807, 2.05) is 11.8 Å². The Hall–Kier alpha value is -1.38. The fourth-order valence-corrected chi connectivity index (χ4v) is 2.49. The molecule has 0 unspecified atom stereocenters. The number of nitrogens with zero attached hydrogens (tertiary/aromatic N) is 1. The van der Waals surface area contributed by atoms with Crippen molar-refractivity contribution in [2.24, 2.45) is 5.41 Å². The van der Waals surface area contributed by atoms with E-state index < -0.39 is 0 Å². The number of likely N-dealkylation sites (tertiary alicyclic amines) is 1. The normalized spacial score (nSPS) is 20.9. The standard InChI is InChI=1S/C15H20FNO/c1-11(12-4-6-13(16)7-5-12)17-10-15(2,3)9-8-14(17)18/h4-7,11H,8-10H2,1-3H3/t11-/m0/s1. The van der Waals surface area contributed by atoms with Gasteiger partial charge in [-0.05, 0) is 36.5 Å². The van der Waals surface area contributed by atoms with Gasteiger partial charge in [0.25, 0.3) is 0 Å². The number of halogens is 1. The maximum atomic E-state index is 12.9. The second kappa shape index (κ2) is 4.71. The Bertz CT molecular complexity index is 438. The van der Waals surface area contributed by atoms with Gasteiger partial charge in [-0.25, -0.2) is 4.39 Å². The maximum Gasteiger partial charge on any atom is 0.223 e. The van der Waals surface area contributed by atoms with E-state index in [1.165, 1.54) is 12.1 Å². The van der Waals surface area contributed by atoms with E-state index in [2.05, 4.69) is 13.8 Å². The van der Waals surface area contributed by atoms with Crippen LogP contribution < -0.4 is 0 Å². The van der Waals surface area contributed by atoms with Gasteiger partial charge in [-0.2, -0.15) is 0 Å². The van der Waals surface area contributed by atoms with Gasteiger partial charge >= 0.3 is 0 Å². The van der Waals surface area contributed by atoms with Crippen LogP contribution in [0.5, 0.6) is 0 Å². The summed E-state index contributed by atoms with van der Waals surface area (Å²) < 4.78 is 12.9. The molecule has 1 fully saturated rings. The first-order valence-corrected chi connectivity index (χ1v) is 6.44. The Labute approximate surface area is 108 Å². The second-order valence-corrected chi connectivity index (χ2v) is 5.91. The summed E-state index contributed by atoms with van der Waals surface area (Å²) in [6, 6.07) is 6.43. The predicted octanol–water partition coefficient (Wildman–Crippen LogP) is 3.54. The van der Waals surface area contributed by atoms with Gasteiger partial charge in [-0.3, -0.25) is 4.79 Å². The zero-order chi connectivity index (χ0) is 13.3. The van der Waals surface area contributed by atoms with E-state index >= 15 is 0 Å². The molecule has 1 aromatic carbocycles. The van der Waals surface area contributed by atoms with Crippen LogP contribution in [-0.2, 0) is 4.79 Å². The smallest absolute Gasteiger partial charge is 0.223 e. The van der Waals surface area contributed by atoms with Gasteiger partial charge < -0.3 is 4.90 Å². The molecule has 1 aliphatic rings. The van der Waals surface area contributed by atoms with E-state index in [0.29, 0.717) is 6.42 Å². The molecule has 1 saturated heterocycles. The SMILES string of the molecule is C[C@@H](c1ccc(F)cc1)N1CC(C)(C)CCC1=O. The highest BCUT2D eigenvalue weighted by Gasteiger charge is 2.33. The summed E-state index contributed by atoms with van der Waals surface area (Å²) in [5.41, 5.74) is 1.16. The number of benzene rings is 1. The lowest BCUT2D eigenvalue weighted by molar-refractivity contribution is -0.139. The first kappa shape index (κ1) is 13.1. The molecule has 0 saturated carbocycles. The molecule has 1 amide bonds. The fraction of sp³-hybridized carbons (Fsp3) is 0.533. The third kappa shape index (κ3) is 2.71. The third-order valence-electron chi connectivity index (χ3n) is 3.75. The third-order valence-corrected chi connectivity index (χ3v) is 3.75. The molecule has 2 nitrogen and oxygen atoms in total. The molecule has 0 aliphatic carbocycles. The number of piperidine rings is 1. The van der Waals surface area contributed by atoms with Gasteiger partial charge in [0.2, 0.25) is 5.91 Å². The minimum atomic E-state index is -0.240. The fourth-order valence-electron chi connectivity index (χ4n) is 2.49. The number of amides is 1. The van der Waals surface area contributed by atoms with E-state index in [1.54, 1.807) is 12.1 Å². The molecule has 1 atom stereocenters. The molecule has 0 bridgehead atoms. The Morgan fingerprint density at radius 2 is 1.89 bits per heavy atom. The van der Waals surface area contributed by atoms with E-state index in [4.69, 9.17) is 0 Å². The van der Waals surface area contributed by atoms with Crippen LogP contribution in [-0.4, -0.2) is 17.4 Å². The molecule has 3 heteroatoms. The second-order valence-electron chi connectivity index (χ2n) is 5.91. The highest BCUT2D eigenvalue weighted by atomic mass is 19.1. The minimum absolute atomic E-state index is 0.0117. The molecule has 0 radical (unpaired) electrons. The lowest BCUT2D eigenvalue weighted by atomic mass is 9.83. The summed E-state index contributed by atoms with van der Waals surface area (Å²) >= 11 is 0. The number of carbonyl (C=O) groups excluding carboxylic acids is 1. The molecule has 0 N–H and O–H groups in total. The zero-order valence-corrected chi connectivity index (χ0v) is 11.2. The molecule has 0 aromatic heterocycles. The van der Waals surface area contributed by atoms with Crippen molar-refractivity contribution in [1.29, 1.82) is 0 Å². The van der Waals surface area contributed by atoms with Gasteiger partial charge in [-0.1, -0.05) is 26.0 Å². The summed E-state index contributed by atoms with van der Waals surface area (Å²) in [4.78, 5) is 13.9. The van der Waals surface area contributed by atoms with Crippen molar-refractivity contribution in [1.82, 2.24) is 4.90 Å². The highest BCUT2D eigenvalue weighted by Crippen LogP contribution is 2.34. The van der Waals surface area contributed by atoms with Gasteiger partial charge in [0.15, 0.2) is 0 Å². The first-order chi connectivity index (χ1) is 8.39. The van der Waals surface area contributed by atoms with Crippen LogP contribution in [0.3, 0.4) is 0 Å². The summed E-state index contributed by atoms with van der Waals surface area (Å²) in [6.45, 7) is 7.14. The molecule has 1 aromatic rings. The summed E-state index contributed by atoms with van der Waals surface area (Å²) in [5, 5.41) is 0. The Kier molecular flexibility index (Phi) is 3.42. The van der Waals surface area contributed by atoms with Crippen LogP contribution in [0.25, 0.3) is 0 Å². The predicted molar refractivity (Wildman–Crippen MR) is 69.5 cm³/mol. The van der Waals surface area contributed by atoms with Crippen molar-refractivity contribution in [3.8, 4) is 0 Å². The van der Waals surface area contributed by atoms with Crippen LogP contribution in [0.15, 0.2) is 24.3 Å². The molecule has 1 aliphatic heterocycles. The van der Waals surface area contributed by atoms with Gasteiger partial charge in [-0.15, -0.1) is 0 Å². The van der Waals surface area contributed by atoms with Crippen molar-refractivity contribution < 1.29 is 9.18 Å². The van der Waals surface area contributed by atoms with Crippen molar-refractivity contribution in [2.75, 3.05) is 6.54 Å². The number of rotatable bonds is 2. The van der Waals surface area contributed by atoms with Crippen LogP contribution in [0.4, 0.5) is 4.39 Å². The van der Waals surface area contributed by atoms with Crippen molar-refractivity contribution >= 4 is 5.91 Å². The Morgan fingerprint density at radius 1 is 1.28 bits per heavy atom. The van der Waals surface area contributed by atoms with Crippen LogP contribution in [0, 0.1) is 11.2 Å². The molecule has 1 heterocycles. The van der Waals surface area contributed by atoms with Gasteiger partial charge in [0, 0.05) is 13.0 Å². The Balaban J connectivity index is 2.19. The topological polar surface area (TPSA) is 20.3 Å². The monoisotopic (exact) mass is 249 g/mol. The molecule has 18 heavy (non-hydrogen) atoms. The Morgan fingerprint density at radius 3 is 2.50 bits per heavy atom. The summed E-state index contributed by atoms with van der Waals surface area (Å²) in [6.07, 6.45) is 1.55. The number of hydrogen-bond donors (Lipinski definition) is 0. The quantitative estimate of drug-likeness (QED) is 0.785. The minimum Gasteiger partial charge on any atom is -0.335 e. The molecule has 98 valence electrons. The first-order valence-electron chi connectivity index (χ1n) is 6.44. The van der Waals surface area contributed by atoms with Crippen molar-refractivity contribution in [2.45, 2.75) is 39.7 Å². The van der Waals surface area contributed by atoms with Crippen molar-refractivity contribution in [3.05, 3.63) is 35.6 Å². The average Bonchev–Trinajstić information content (AvgIpc) is 2.32. The van der Waals surface area contributed by atoms with E-state index in [9.17, 15) is 9.18 Å². The van der Waals surface area contributed by atoms with E-state index in [0.717, 1.165) is 18.5 Å². The molecular formula is C15H20FNO. The lowest BCUT2D eigenvalue weighted by Gasteiger charge is -2.41. The van der Waals surface area contributed by atoms with Crippen LogP contribution in [0.1, 0.15) is 45.2 Å². The van der Waals surface area contributed by atoms with Crippen molar-refractivity contribution in [3.63, 3.8) is 0 Å². The van der Waals surface area contributed by atoms with Crippen LogP contribution >= 0.6 is 0 Å². The van der Waals surface area contributed by atoms with E-state index in [-0.39, 0.29) is 23.2 Å². The molecule has 2 rings (SSSR count). The summed E-state index contributed by atoms with van der Waals surface area (Å²) in [7, 11) is 0. The van der Waals surface area contributed by atoms with Gasteiger partial charge in [0.05, 0.1) is 6.04 Å². The average molecular weight is 249 g/mol. The highest BCUT2D eigenvalue weighted by molar-refractivity contribution is 5.77. The lowest BCUT2D eigenvalue weighted by Crippen LogP contribution is -2.45. The van der Waals surface area contributed by atoms with Crippen LogP contribution in [0.2, 0.25) is 0 Å². The molecule has 0 spiro atoms. The number of carbonyl (C=O) groups is 1. The van der Waals surface area contributed by atoms with Gasteiger partial charge in [0.1, 0.15) is 5.82 Å². The zero-order valence-electron chi connectivity index (χ0n) is 11.2.